The molecule has 0 amide bonds. The molecule has 2 heterocycles. The average molecular weight is 284 g/mol. The molecule has 0 aliphatic heterocycles. The molecule has 0 radical (unpaired) electrons. The van der Waals surface area contributed by atoms with Gasteiger partial charge in [-0.05, 0) is 29.7 Å². The van der Waals surface area contributed by atoms with Crippen molar-refractivity contribution in [3.63, 3.8) is 0 Å². The van der Waals surface area contributed by atoms with Gasteiger partial charge in [-0.25, -0.2) is 13.9 Å². The van der Waals surface area contributed by atoms with Gasteiger partial charge in [-0.15, -0.1) is 0 Å². The summed E-state index contributed by atoms with van der Waals surface area (Å²) in [6, 6.07) is 8.57. The number of benzene rings is 1. The minimum Gasteiger partial charge on any atom is -0.364 e. The maximum absolute atomic E-state index is 13.2. The van der Waals surface area contributed by atoms with E-state index in [1.54, 1.807) is 12.3 Å². The molecule has 21 heavy (non-hydrogen) atoms. The van der Waals surface area contributed by atoms with Crippen molar-refractivity contribution in [2.24, 2.45) is 0 Å². The fourth-order valence-corrected chi connectivity index (χ4v) is 2.19. The molecule has 0 bridgehead atoms. The number of nitrogens with zero attached hydrogens (tertiary/aromatic N) is 3. The smallest absolute Gasteiger partial charge is 0.152 e. The zero-order valence-electron chi connectivity index (χ0n) is 12.0. The van der Waals surface area contributed by atoms with Gasteiger partial charge in [-0.2, -0.15) is 5.10 Å². The summed E-state index contributed by atoms with van der Waals surface area (Å²) in [6.07, 6.45) is 3.53. The number of fused-ring (bicyclic) bond motifs is 1. The highest BCUT2D eigenvalue weighted by Gasteiger charge is 2.09. The Morgan fingerprint density at radius 1 is 1.29 bits per heavy atom. The van der Waals surface area contributed by atoms with E-state index in [4.69, 9.17) is 0 Å². The molecule has 0 atom stereocenters. The fourth-order valence-electron chi connectivity index (χ4n) is 2.19. The van der Waals surface area contributed by atoms with Crippen molar-refractivity contribution < 1.29 is 4.39 Å². The van der Waals surface area contributed by atoms with Gasteiger partial charge in [0.25, 0.3) is 0 Å². The topological polar surface area (TPSA) is 42.2 Å². The molecule has 3 aromatic rings. The third kappa shape index (κ3) is 2.86. The van der Waals surface area contributed by atoms with Crippen LogP contribution >= 0.6 is 0 Å². The molecule has 0 aliphatic rings. The normalized spacial score (nSPS) is 11.2. The van der Waals surface area contributed by atoms with Crippen molar-refractivity contribution in [3.8, 4) is 0 Å². The zero-order valence-corrected chi connectivity index (χ0v) is 12.0. The van der Waals surface area contributed by atoms with Crippen LogP contribution in [-0.2, 0) is 6.54 Å². The number of nitrogens with one attached hydrogen (secondary N) is 1. The number of halogens is 1. The second kappa shape index (κ2) is 5.52. The lowest BCUT2D eigenvalue weighted by Gasteiger charge is -2.07. The minimum absolute atomic E-state index is 0.230. The van der Waals surface area contributed by atoms with E-state index in [0.29, 0.717) is 12.5 Å². The molecule has 3 rings (SSSR count). The summed E-state index contributed by atoms with van der Waals surface area (Å²) < 4.78 is 15.0. The molecular weight excluding hydrogens is 267 g/mol. The van der Waals surface area contributed by atoms with Gasteiger partial charge in [0, 0.05) is 18.9 Å². The SMILES string of the molecule is CC(C)c1cc2c(NCc3cccc(F)c3)nccn2n1. The standard InChI is InChI=1S/C16H17FN4/c1-11(2)14-9-15-16(18-6-7-21(15)20-14)19-10-12-4-3-5-13(17)8-12/h3-9,11H,10H2,1-2H3,(H,18,19). The lowest BCUT2D eigenvalue weighted by molar-refractivity contribution is 0.626. The summed E-state index contributed by atoms with van der Waals surface area (Å²) in [6.45, 7) is 4.73. The monoisotopic (exact) mass is 284 g/mol. The minimum atomic E-state index is -0.230. The van der Waals surface area contributed by atoms with Crippen molar-refractivity contribution in [3.05, 3.63) is 59.8 Å². The average Bonchev–Trinajstić information content (AvgIpc) is 2.90. The molecule has 1 N–H and O–H groups in total. The summed E-state index contributed by atoms with van der Waals surface area (Å²) in [5.41, 5.74) is 2.83. The molecule has 0 spiro atoms. The Bertz CT molecular complexity index is 764. The van der Waals surface area contributed by atoms with Gasteiger partial charge in [-0.3, -0.25) is 0 Å². The fraction of sp³-hybridized carbons (Fsp3) is 0.250. The van der Waals surface area contributed by atoms with Crippen LogP contribution in [0.15, 0.2) is 42.7 Å². The van der Waals surface area contributed by atoms with Crippen LogP contribution in [0.4, 0.5) is 10.2 Å². The van der Waals surface area contributed by atoms with Crippen molar-refractivity contribution in [2.45, 2.75) is 26.3 Å². The summed E-state index contributed by atoms with van der Waals surface area (Å²) in [7, 11) is 0. The van der Waals surface area contributed by atoms with Gasteiger partial charge in [-0.1, -0.05) is 26.0 Å². The van der Waals surface area contributed by atoms with Crippen LogP contribution in [0, 0.1) is 5.82 Å². The van der Waals surface area contributed by atoms with E-state index in [1.165, 1.54) is 12.1 Å². The van der Waals surface area contributed by atoms with E-state index < -0.39 is 0 Å². The van der Waals surface area contributed by atoms with Gasteiger partial charge in [0.2, 0.25) is 0 Å². The van der Waals surface area contributed by atoms with Crippen LogP contribution in [0.2, 0.25) is 0 Å². The predicted molar refractivity (Wildman–Crippen MR) is 80.8 cm³/mol. The van der Waals surface area contributed by atoms with Gasteiger partial charge in [0.1, 0.15) is 11.3 Å². The Balaban J connectivity index is 1.86. The highest BCUT2D eigenvalue weighted by atomic mass is 19.1. The zero-order chi connectivity index (χ0) is 14.8. The highest BCUT2D eigenvalue weighted by molar-refractivity contribution is 5.68. The number of hydrogen-bond acceptors (Lipinski definition) is 3. The molecule has 0 aliphatic carbocycles. The molecule has 108 valence electrons. The summed E-state index contributed by atoms with van der Waals surface area (Å²) >= 11 is 0. The first-order chi connectivity index (χ1) is 10.1. The number of aromatic nitrogens is 3. The molecule has 2 aromatic heterocycles. The quantitative estimate of drug-likeness (QED) is 0.796. The third-order valence-corrected chi connectivity index (χ3v) is 3.35. The van der Waals surface area contributed by atoms with E-state index >= 15 is 0 Å². The first-order valence-corrected chi connectivity index (χ1v) is 6.96. The van der Waals surface area contributed by atoms with E-state index in [0.717, 1.165) is 22.6 Å². The van der Waals surface area contributed by atoms with Crippen LogP contribution in [-0.4, -0.2) is 14.6 Å². The first-order valence-electron chi connectivity index (χ1n) is 6.96. The summed E-state index contributed by atoms with van der Waals surface area (Å²) in [5, 5.41) is 7.76. The predicted octanol–water partition coefficient (Wildman–Crippen LogP) is 3.60. The van der Waals surface area contributed by atoms with Gasteiger partial charge in [0.05, 0.1) is 5.69 Å². The Kier molecular flexibility index (Phi) is 3.56. The maximum atomic E-state index is 13.2. The Morgan fingerprint density at radius 2 is 2.14 bits per heavy atom. The van der Waals surface area contributed by atoms with Crippen LogP contribution in [0.1, 0.15) is 31.0 Å². The number of anilines is 1. The highest BCUT2D eigenvalue weighted by Crippen LogP contribution is 2.20. The third-order valence-electron chi connectivity index (χ3n) is 3.35. The van der Waals surface area contributed by atoms with Crippen molar-refractivity contribution >= 4 is 11.3 Å². The van der Waals surface area contributed by atoms with Gasteiger partial charge in [0.15, 0.2) is 5.82 Å². The van der Waals surface area contributed by atoms with Gasteiger partial charge < -0.3 is 5.32 Å². The number of rotatable bonds is 4. The van der Waals surface area contributed by atoms with E-state index in [-0.39, 0.29) is 5.82 Å². The van der Waals surface area contributed by atoms with Gasteiger partial charge >= 0.3 is 0 Å². The molecule has 0 saturated carbocycles. The molecule has 4 nitrogen and oxygen atoms in total. The Morgan fingerprint density at radius 3 is 2.90 bits per heavy atom. The van der Waals surface area contributed by atoms with Crippen LogP contribution in [0.25, 0.3) is 5.52 Å². The molecule has 0 saturated heterocycles. The van der Waals surface area contributed by atoms with Crippen molar-refractivity contribution in [1.29, 1.82) is 0 Å². The Hall–Kier alpha value is -2.43. The van der Waals surface area contributed by atoms with Crippen LogP contribution in [0.3, 0.4) is 0 Å². The van der Waals surface area contributed by atoms with Crippen LogP contribution in [0.5, 0.6) is 0 Å². The van der Waals surface area contributed by atoms with Crippen LogP contribution < -0.4 is 5.32 Å². The second-order valence-electron chi connectivity index (χ2n) is 5.31. The first kappa shape index (κ1) is 13.5. The second-order valence-corrected chi connectivity index (χ2v) is 5.31. The molecule has 0 unspecified atom stereocenters. The van der Waals surface area contributed by atoms with Crippen molar-refractivity contribution in [1.82, 2.24) is 14.6 Å². The Labute approximate surface area is 122 Å². The van der Waals surface area contributed by atoms with E-state index in [2.05, 4.69) is 29.2 Å². The van der Waals surface area contributed by atoms with Crippen molar-refractivity contribution in [2.75, 3.05) is 5.32 Å². The largest absolute Gasteiger partial charge is 0.364 e. The lowest BCUT2D eigenvalue weighted by atomic mass is 10.1. The molecule has 5 heteroatoms. The molecule has 1 aromatic carbocycles. The number of hydrogen-bond donors (Lipinski definition) is 1. The van der Waals surface area contributed by atoms with E-state index in [1.807, 2.05) is 22.8 Å². The van der Waals surface area contributed by atoms with E-state index in [9.17, 15) is 4.39 Å². The molecular formula is C16H17FN4. The summed E-state index contributed by atoms with van der Waals surface area (Å²) in [5.74, 6) is 0.883. The maximum Gasteiger partial charge on any atom is 0.152 e. The summed E-state index contributed by atoms with van der Waals surface area (Å²) in [4.78, 5) is 4.35. The lowest BCUT2D eigenvalue weighted by Crippen LogP contribution is -2.03. The molecule has 0 fully saturated rings.